The molecule has 1 aliphatic rings. The van der Waals surface area contributed by atoms with Crippen LogP contribution in [0.2, 0.25) is 5.15 Å². The van der Waals surface area contributed by atoms with E-state index in [0.717, 1.165) is 24.3 Å². The van der Waals surface area contributed by atoms with Crippen LogP contribution in [0.1, 0.15) is 31.7 Å². The molecule has 3 rings (SSSR count). The van der Waals surface area contributed by atoms with Crippen LogP contribution < -0.4 is 4.90 Å². The summed E-state index contributed by atoms with van der Waals surface area (Å²) in [6.07, 6.45) is 5.08. The number of hydrogen-bond donors (Lipinski definition) is 0. The molecular formula is C16H22ClN3O. The van der Waals surface area contributed by atoms with Gasteiger partial charge in [-0.1, -0.05) is 25.4 Å². The van der Waals surface area contributed by atoms with Crippen molar-refractivity contribution in [3.8, 4) is 0 Å². The van der Waals surface area contributed by atoms with Crippen molar-refractivity contribution in [3.63, 3.8) is 0 Å². The van der Waals surface area contributed by atoms with Gasteiger partial charge in [0.05, 0.1) is 0 Å². The van der Waals surface area contributed by atoms with Crippen molar-refractivity contribution >= 4 is 28.2 Å². The van der Waals surface area contributed by atoms with Crippen molar-refractivity contribution in [2.45, 2.75) is 26.2 Å². The molecule has 0 atom stereocenters. The maximum absolute atomic E-state index is 6.03. The molecule has 5 heteroatoms. The summed E-state index contributed by atoms with van der Waals surface area (Å²) >= 11 is 6.03. The van der Waals surface area contributed by atoms with Gasteiger partial charge in [-0.2, -0.15) is 0 Å². The molecule has 0 N–H and O–H groups in total. The quantitative estimate of drug-likeness (QED) is 0.789. The van der Waals surface area contributed by atoms with Gasteiger partial charge in [0.1, 0.15) is 11.0 Å². The highest BCUT2D eigenvalue weighted by atomic mass is 35.5. The summed E-state index contributed by atoms with van der Waals surface area (Å²) in [5.74, 6) is 1.48. The maximum atomic E-state index is 6.03. The highest BCUT2D eigenvalue weighted by Crippen LogP contribution is 2.33. The maximum Gasteiger partial charge on any atom is 0.137 e. The molecule has 2 aromatic heterocycles. The monoisotopic (exact) mass is 307 g/mol. The summed E-state index contributed by atoms with van der Waals surface area (Å²) in [7, 11) is 3.25. The molecule has 4 nitrogen and oxygen atoms in total. The molecule has 0 spiro atoms. The topological polar surface area (TPSA) is 38.2 Å². The van der Waals surface area contributed by atoms with Gasteiger partial charge in [-0.3, -0.25) is 0 Å². The minimum atomic E-state index is 0.434. The molecule has 1 saturated heterocycles. The molecule has 0 aromatic carbocycles. The van der Waals surface area contributed by atoms with Crippen LogP contribution in [-0.4, -0.2) is 37.3 Å². The average Bonchev–Trinajstić information content (AvgIpc) is 2.37. The highest BCUT2D eigenvalue weighted by Gasteiger charge is 2.20. The van der Waals surface area contributed by atoms with E-state index in [9.17, 15) is 0 Å². The molecule has 1 aliphatic heterocycles. The van der Waals surface area contributed by atoms with Crippen LogP contribution in [0.3, 0.4) is 0 Å². The fourth-order valence-corrected chi connectivity index (χ4v) is 2.51. The number of rotatable bonds is 2. The smallest absolute Gasteiger partial charge is 0.137 e. The third kappa shape index (κ3) is 3.44. The molecule has 0 bridgehead atoms. The molecule has 1 fully saturated rings. The van der Waals surface area contributed by atoms with Gasteiger partial charge < -0.3 is 9.64 Å². The first kappa shape index (κ1) is 16.0. The van der Waals surface area contributed by atoms with Gasteiger partial charge >= 0.3 is 0 Å². The second-order valence-corrected chi connectivity index (χ2v) is 5.88. The zero-order valence-electron chi connectivity index (χ0n) is 13.1. The fraction of sp³-hybridized carbons (Fsp3) is 0.500. The average molecular weight is 308 g/mol. The van der Waals surface area contributed by atoms with Crippen LogP contribution >= 0.6 is 11.6 Å². The number of fused-ring (bicyclic) bond motifs is 1. The van der Waals surface area contributed by atoms with Crippen molar-refractivity contribution in [1.82, 2.24) is 9.97 Å². The number of anilines is 1. The van der Waals surface area contributed by atoms with E-state index in [2.05, 4.69) is 33.5 Å². The molecule has 21 heavy (non-hydrogen) atoms. The van der Waals surface area contributed by atoms with Crippen molar-refractivity contribution < 1.29 is 4.74 Å². The first-order chi connectivity index (χ1) is 10.1. The fourth-order valence-electron chi connectivity index (χ4n) is 2.36. The summed E-state index contributed by atoms with van der Waals surface area (Å²) in [5.41, 5.74) is 1.23. The Morgan fingerprint density at radius 2 is 1.81 bits per heavy atom. The van der Waals surface area contributed by atoms with Crippen LogP contribution in [-0.2, 0) is 4.74 Å². The molecule has 0 radical (unpaired) electrons. The third-order valence-electron chi connectivity index (χ3n) is 3.53. The molecule has 0 aliphatic carbocycles. The molecule has 114 valence electrons. The van der Waals surface area contributed by atoms with E-state index in [-0.39, 0.29) is 0 Å². The van der Waals surface area contributed by atoms with Crippen molar-refractivity contribution in [2.24, 2.45) is 0 Å². The van der Waals surface area contributed by atoms with Gasteiger partial charge in [-0.25, -0.2) is 9.97 Å². The second kappa shape index (κ2) is 7.05. The zero-order chi connectivity index (χ0) is 15.4. The summed E-state index contributed by atoms with van der Waals surface area (Å²) in [6, 6.07) is 1.96. The van der Waals surface area contributed by atoms with Crippen LogP contribution in [0.5, 0.6) is 0 Å². The van der Waals surface area contributed by atoms with E-state index < -0.39 is 0 Å². The van der Waals surface area contributed by atoms with E-state index in [0.29, 0.717) is 11.1 Å². The zero-order valence-corrected chi connectivity index (χ0v) is 13.8. The van der Waals surface area contributed by atoms with E-state index in [4.69, 9.17) is 11.6 Å². The minimum absolute atomic E-state index is 0.434. The lowest BCUT2D eigenvalue weighted by Crippen LogP contribution is -2.37. The molecule has 0 unspecified atom stereocenters. The van der Waals surface area contributed by atoms with E-state index in [1.807, 2.05) is 18.5 Å². The minimum Gasteiger partial charge on any atom is -0.388 e. The van der Waals surface area contributed by atoms with Crippen LogP contribution in [0.25, 0.3) is 10.8 Å². The van der Waals surface area contributed by atoms with Crippen molar-refractivity contribution in [3.05, 3.63) is 29.2 Å². The SMILES string of the molecule is CC(C)c1cnc(N2CCC2)c2cnc(Cl)cc12.COC. The Bertz CT molecular complexity index is 612. The lowest BCUT2D eigenvalue weighted by molar-refractivity contribution is 0.277. The first-order valence-electron chi connectivity index (χ1n) is 7.17. The van der Waals surface area contributed by atoms with E-state index in [1.165, 1.54) is 17.4 Å². The number of halogens is 1. The number of nitrogens with zero attached hydrogens (tertiary/aromatic N) is 3. The Labute approximate surface area is 131 Å². The number of ether oxygens (including phenoxy) is 1. The first-order valence-corrected chi connectivity index (χ1v) is 7.55. The third-order valence-corrected chi connectivity index (χ3v) is 3.73. The van der Waals surface area contributed by atoms with E-state index >= 15 is 0 Å². The Hall–Kier alpha value is -1.39. The van der Waals surface area contributed by atoms with Gasteiger partial charge in [0.15, 0.2) is 0 Å². The predicted molar refractivity (Wildman–Crippen MR) is 88.4 cm³/mol. The van der Waals surface area contributed by atoms with Gasteiger partial charge in [0.2, 0.25) is 0 Å². The lowest BCUT2D eigenvalue weighted by Gasteiger charge is -2.33. The molecule has 2 aromatic rings. The Morgan fingerprint density at radius 3 is 2.33 bits per heavy atom. The lowest BCUT2D eigenvalue weighted by atomic mass is 9.99. The Balaban J connectivity index is 0.000000497. The van der Waals surface area contributed by atoms with Crippen molar-refractivity contribution in [2.75, 3.05) is 32.2 Å². The Kier molecular flexibility index (Phi) is 5.37. The number of hydrogen-bond acceptors (Lipinski definition) is 4. The molecule has 0 amide bonds. The van der Waals surface area contributed by atoms with Gasteiger partial charge in [-0.05, 0) is 29.4 Å². The molecule has 0 saturated carbocycles. The van der Waals surface area contributed by atoms with Crippen molar-refractivity contribution in [1.29, 1.82) is 0 Å². The number of aromatic nitrogens is 2. The number of pyridine rings is 2. The van der Waals surface area contributed by atoms with Gasteiger partial charge in [0.25, 0.3) is 0 Å². The summed E-state index contributed by atoms with van der Waals surface area (Å²) < 4.78 is 4.25. The summed E-state index contributed by atoms with van der Waals surface area (Å²) in [5, 5.41) is 2.84. The van der Waals surface area contributed by atoms with Gasteiger partial charge in [0, 0.05) is 45.1 Å². The standard InChI is InChI=1S/C14H16ClN3.C2H6O/c1-9(2)11-7-17-14(18-4-3-5-18)12-8-16-13(15)6-10(11)12;1-3-2/h6-9H,3-5H2,1-2H3;1-2H3. The highest BCUT2D eigenvalue weighted by molar-refractivity contribution is 6.30. The van der Waals surface area contributed by atoms with Crippen LogP contribution in [0, 0.1) is 0 Å². The van der Waals surface area contributed by atoms with Gasteiger partial charge in [-0.15, -0.1) is 0 Å². The summed E-state index contributed by atoms with van der Waals surface area (Å²) in [4.78, 5) is 11.1. The van der Waals surface area contributed by atoms with E-state index in [1.54, 1.807) is 14.2 Å². The summed E-state index contributed by atoms with van der Waals surface area (Å²) in [6.45, 7) is 6.53. The Morgan fingerprint density at radius 1 is 1.14 bits per heavy atom. The van der Waals surface area contributed by atoms with Crippen LogP contribution in [0.15, 0.2) is 18.5 Å². The predicted octanol–water partition coefficient (Wildman–Crippen LogP) is 3.88. The number of methoxy groups -OCH3 is 1. The molecule has 3 heterocycles. The van der Waals surface area contributed by atoms with Crippen LogP contribution in [0.4, 0.5) is 5.82 Å². The molecular weight excluding hydrogens is 286 g/mol. The largest absolute Gasteiger partial charge is 0.388 e. The normalized spacial score (nSPS) is 13.9. The second-order valence-electron chi connectivity index (χ2n) is 5.49.